The van der Waals surface area contributed by atoms with E-state index in [9.17, 15) is 26.4 Å². The number of rotatable bonds is 6. The number of nitrogens with zero attached hydrogens (tertiary/aromatic N) is 3. The van der Waals surface area contributed by atoms with E-state index in [0.29, 0.717) is 24.8 Å². The first-order chi connectivity index (χ1) is 21.1. The Labute approximate surface area is 286 Å². The zero-order valence-corrected chi connectivity index (χ0v) is 30.7. The molecule has 3 aliphatic rings. The molecule has 3 fully saturated rings. The van der Waals surface area contributed by atoms with E-state index in [0.717, 1.165) is 0 Å². The van der Waals surface area contributed by atoms with Gasteiger partial charge in [-0.25, -0.2) is 22.3 Å². The smallest absolute Gasteiger partial charge is 0.410 e. The maximum absolute atomic E-state index is 13.5. The lowest BCUT2D eigenvalue weighted by Crippen LogP contribution is -2.44. The highest BCUT2D eigenvalue weighted by Crippen LogP contribution is 2.46. The van der Waals surface area contributed by atoms with E-state index >= 15 is 0 Å². The summed E-state index contributed by atoms with van der Waals surface area (Å²) >= 11 is 19.3. The molecular formula is C29H42Cl3N3O9S2. The molecule has 260 valence electrons. The number of ether oxygens (including phenoxy) is 2. The average Bonchev–Trinajstić information content (AvgIpc) is 3.62. The first-order valence-electron chi connectivity index (χ1n) is 15.1. The van der Waals surface area contributed by atoms with Crippen LogP contribution in [0.15, 0.2) is 6.07 Å². The van der Waals surface area contributed by atoms with E-state index in [2.05, 4.69) is 0 Å². The summed E-state index contributed by atoms with van der Waals surface area (Å²) in [5.41, 5.74) is -1.10. The van der Waals surface area contributed by atoms with Crippen LogP contribution in [0.1, 0.15) is 78.7 Å². The van der Waals surface area contributed by atoms with Crippen LogP contribution >= 0.6 is 34.8 Å². The van der Waals surface area contributed by atoms with Gasteiger partial charge in [-0.3, -0.25) is 0 Å². The molecule has 2 unspecified atom stereocenters. The maximum atomic E-state index is 13.5. The highest BCUT2D eigenvalue weighted by Gasteiger charge is 2.43. The molecule has 1 aromatic carbocycles. The quantitative estimate of drug-likeness (QED) is 0.258. The number of hydrogen-bond acceptors (Lipinski definition) is 9. The van der Waals surface area contributed by atoms with Gasteiger partial charge in [0.2, 0.25) is 10.0 Å². The molecule has 0 aliphatic carbocycles. The minimum Gasteiger partial charge on any atom is -0.444 e. The Bertz CT molecular complexity index is 1550. The summed E-state index contributed by atoms with van der Waals surface area (Å²) in [6.07, 6.45) is -0.0923. The van der Waals surface area contributed by atoms with Crippen LogP contribution in [0, 0.1) is 0 Å². The number of hydrogen-bond donors (Lipinski definition) is 0. The molecule has 17 heteroatoms. The number of piperidine rings is 1. The van der Waals surface area contributed by atoms with Crippen molar-refractivity contribution in [1.82, 2.24) is 14.1 Å². The lowest BCUT2D eigenvalue weighted by Gasteiger charge is -2.34. The van der Waals surface area contributed by atoms with Crippen LogP contribution < -0.4 is 4.18 Å². The fraction of sp³-hybridized carbons (Fsp3) is 0.724. The average molecular weight is 747 g/mol. The van der Waals surface area contributed by atoms with Crippen LogP contribution in [-0.4, -0.2) is 104 Å². The number of likely N-dealkylation sites (tertiary alicyclic amines) is 2. The van der Waals surface area contributed by atoms with Crippen LogP contribution in [0.4, 0.5) is 9.59 Å². The second-order valence-corrected chi connectivity index (χ2v) is 19.1. The molecule has 46 heavy (non-hydrogen) atoms. The Balaban J connectivity index is 1.46. The number of benzene rings is 1. The van der Waals surface area contributed by atoms with Crippen LogP contribution in [0.25, 0.3) is 0 Å². The molecule has 0 N–H and O–H groups in total. The first kappa shape index (κ1) is 37.1. The number of halogens is 3. The van der Waals surface area contributed by atoms with Crippen molar-refractivity contribution in [2.24, 2.45) is 0 Å². The summed E-state index contributed by atoms with van der Waals surface area (Å²) in [6, 6.07) is 1.30. The Morgan fingerprint density at radius 1 is 0.739 bits per heavy atom. The van der Waals surface area contributed by atoms with E-state index in [1.807, 2.05) is 0 Å². The predicted molar refractivity (Wildman–Crippen MR) is 176 cm³/mol. The van der Waals surface area contributed by atoms with Gasteiger partial charge in [0.1, 0.15) is 22.2 Å². The van der Waals surface area contributed by atoms with Gasteiger partial charge in [0, 0.05) is 50.9 Å². The van der Waals surface area contributed by atoms with Crippen LogP contribution in [0.2, 0.25) is 15.1 Å². The van der Waals surface area contributed by atoms with E-state index in [1.54, 1.807) is 41.5 Å². The number of carbonyl (C=O) groups is 2. The van der Waals surface area contributed by atoms with Crippen molar-refractivity contribution in [3.8, 4) is 5.75 Å². The third-order valence-corrected chi connectivity index (χ3v) is 13.2. The number of amides is 2. The van der Waals surface area contributed by atoms with Gasteiger partial charge in [-0.15, -0.1) is 0 Å². The van der Waals surface area contributed by atoms with Gasteiger partial charge >= 0.3 is 22.3 Å². The summed E-state index contributed by atoms with van der Waals surface area (Å²) in [5.74, 6) is -0.470. The molecule has 2 atom stereocenters. The summed E-state index contributed by atoms with van der Waals surface area (Å²) in [5, 5.41) is -1.71. The van der Waals surface area contributed by atoms with Crippen molar-refractivity contribution in [2.45, 2.75) is 94.8 Å². The van der Waals surface area contributed by atoms with Crippen molar-refractivity contribution < 1.29 is 40.1 Å². The van der Waals surface area contributed by atoms with Crippen molar-refractivity contribution in [3.05, 3.63) is 26.7 Å². The molecule has 0 saturated carbocycles. The zero-order chi connectivity index (χ0) is 34.4. The van der Waals surface area contributed by atoms with Crippen LogP contribution in [0.3, 0.4) is 0 Å². The second-order valence-electron chi connectivity index (χ2n) is 13.9. The van der Waals surface area contributed by atoms with Crippen molar-refractivity contribution >= 4 is 67.1 Å². The fourth-order valence-electron chi connectivity index (χ4n) is 5.76. The van der Waals surface area contributed by atoms with Gasteiger partial charge in [0.25, 0.3) is 0 Å². The van der Waals surface area contributed by atoms with Crippen molar-refractivity contribution in [2.75, 3.05) is 39.3 Å². The Morgan fingerprint density at radius 2 is 1.22 bits per heavy atom. The number of carbonyl (C=O) groups excluding carboxylic acids is 2. The van der Waals surface area contributed by atoms with Gasteiger partial charge in [-0.2, -0.15) is 8.42 Å². The highest BCUT2D eigenvalue weighted by atomic mass is 35.5. The maximum Gasteiger partial charge on any atom is 0.410 e. The summed E-state index contributed by atoms with van der Waals surface area (Å²) in [7, 11) is -8.00. The molecular weight excluding hydrogens is 705 g/mol. The molecule has 0 aromatic heterocycles. The SMILES string of the molecule is CC(C)(C)OC(=O)N1CCC(S(=O)(=O)Oc2cc(Cl)c(Cl)c(Cl)c2C2CCN(S(=O)(=O)C3CCN(C(=O)OC(C)(C)C)C3)CC2)C1. The summed E-state index contributed by atoms with van der Waals surface area (Å²) in [6.45, 7) is 11.1. The Kier molecular flexibility index (Phi) is 11.0. The zero-order valence-electron chi connectivity index (χ0n) is 26.8. The normalized spacial score (nSPS) is 22.3. The molecule has 2 amide bonds. The third-order valence-electron chi connectivity index (χ3n) is 8.01. The monoisotopic (exact) mass is 745 g/mol. The number of sulfonamides is 1. The summed E-state index contributed by atoms with van der Waals surface area (Å²) < 4.78 is 71.8. The molecule has 1 aromatic rings. The topological polar surface area (TPSA) is 140 Å². The first-order valence-corrected chi connectivity index (χ1v) is 19.3. The lowest BCUT2D eigenvalue weighted by atomic mass is 9.89. The molecule has 3 aliphatic heterocycles. The molecule has 12 nitrogen and oxygen atoms in total. The Morgan fingerprint density at radius 3 is 1.72 bits per heavy atom. The lowest BCUT2D eigenvalue weighted by molar-refractivity contribution is 0.0284. The van der Waals surface area contributed by atoms with E-state index in [-0.39, 0.29) is 72.4 Å². The van der Waals surface area contributed by atoms with Gasteiger partial charge in [-0.1, -0.05) is 34.8 Å². The minimum atomic E-state index is -4.26. The molecule has 3 saturated heterocycles. The van der Waals surface area contributed by atoms with Crippen molar-refractivity contribution in [3.63, 3.8) is 0 Å². The molecule has 0 bridgehead atoms. The third kappa shape index (κ3) is 8.65. The molecule has 0 radical (unpaired) electrons. The van der Waals surface area contributed by atoms with E-state index in [4.69, 9.17) is 48.5 Å². The van der Waals surface area contributed by atoms with Gasteiger partial charge in [0.15, 0.2) is 0 Å². The summed E-state index contributed by atoms with van der Waals surface area (Å²) in [4.78, 5) is 27.7. The highest BCUT2D eigenvalue weighted by molar-refractivity contribution is 7.89. The molecule has 0 spiro atoms. The van der Waals surface area contributed by atoms with Gasteiger partial charge < -0.3 is 23.5 Å². The fourth-order valence-corrected chi connectivity index (χ4v) is 9.70. The second kappa shape index (κ2) is 13.7. The largest absolute Gasteiger partial charge is 0.444 e. The predicted octanol–water partition coefficient (Wildman–Crippen LogP) is 5.88. The van der Waals surface area contributed by atoms with Crippen LogP contribution in [-0.2, 0) is 29.6 Å². The standard InChI is InChI=1S/C29H42Cl3N3O9S2/c1-28(2,3)42-26(36)33-11-9-19(16-33)45(38,39)35-13-7-18(8-14-35)23-22(15-21(30)24(31)25(23)32)44-46(40,41)20-10-12-34(17-20)27(37)43-29(4,5)6/h15,18-20H,7-14,16-17H2,1-6H3. The van der Waals surface area contributed by atoms with E-state index in [1.165, 1.54) is 20.2 Å². The van der Waals surface area contributed by atoms with E-state index < -0.39 is 54.0 Å². The van der Waals surface area contributed by atoms with Crippen LogP contribution in [0.5, 0.6) is 5.75 Å². The van der Waals surface area contributed by atoms with Gasteiger partial charge in [-0.05, 0) is 73.1 Å². The van der Waals surface area contributed by atoms with Crippen molar-refractivity contribution in [1.29, 1.82) is 0 Å². The molecule has 3 heterocycles. The minimum absolute atomic E-state index is 0.00166. The molecule has 4 rings (SSSR count). The Hall–Kier alpha value is -1.71. The van der Waals surface area contributed by atoms with Gasteiger partial charge in [0.05, 0.1) is 20.3 Å².